The summed E-state index contributed by atoms with van der Waals surface area (Å²) in [5, 5.41) is 14.6. The number of alkyl carbamates (subject to hydrolysis) is 1. The summed E-state index contributed by atoms with van der Waals surface area (Å²) in [6, 6.07) is 11.5. The van der Waals surface area contributed by atoms with Crippen molar-refractivity contribution in [2.75, 3.05) is 11.6 Å². The second-order valence-corrected chi connectivity index (χ2v) is 12.8. The molecule has 0 saturated carbocycles. The molecule has 246 valence electrons. The van der Waals surface area contributed by atoms with Crippen LogP contribution in [0.15, 0.2) is 54.4 Å². The first kappa shape index (κ1) is 35.3. The number of hydrogen-bond acceptors (Lipinski definition) is 9. The van der Waals surface area contributed by atoms with E-state index in [4.69, 9.17) is 15.3 Å². The Morgan fingerprint density at radius 1 is 1.00 bits per heavy atom. The van der Waals surface area contributed by atoms with E-state index < -0.39 is 41.8 Å². The molecule has 0 spiro atoms. The van der Waals surface area contributed by atoms with Crippen molar-refractivity contribution in [3.8, 4) is 0 Å². The van der Waals surface area contributed by atoms with Gasteiger partial charge in [0, 0.05) is 23.7 Å². The minimum Gasteiger partial charge on any atom is -0.444 e. The Kier molecular flexibility index (Phi) is 12.3. The zero-order valence-corrected chi connectivity index (χ0v) is 27.0. The van der Waals surface area contributed by atoms with Gasteiger partial charge in [0.15, 0.2) is 0 Å². The number of rotatable bonds is 12. The molecule has 0 bridgehead atoms. The van der Waals surface area contributed by atoms with Gasteiger partial charge in [-0.1, -0.05) is 50.2 Å². The fraction of sp³-hybridized carbons (Fsp3) is 0.515. The molecule has 0 fully saturated rings. The van der Waals surface area contributed by atoms with E-state index in [1.807, 2.05) is 47.4 Å². The molecule has 45 heavy (non-hydrogen) atoms. The largest absolute Gasteiger partial charge is 0.444 e. The number of hydrogen-bond donors (Lipinski definition) is 4. The lowest BCUT2D eigenvalue weighted by Gasteiger charge is -2.28. The van der Waals surface area contributed by atoms with Gasteiger partial charge in [0.1, 0.15) is 18.3 Å². The Hall–Kier alpha value is -4.16. The van der Waals surface area contributed by atoms with E-state index in [9.17, 15) is 24.3 Å². The smallest absolute Gasteiger partial charge is 0.408 e. The van der Waals surface area contributed by atoms with Crippen molar-refractivity contribution < 1.29 is 33.9 Å². The lowest BCUT2D eigenvalue weighted by molar-refractivity contribution is -0.159. The Bertz CT molecular complexity index is 1380. The number of anilines is 1. The van der Waals surface area contributed by atoms with Crippen LogP contribution < -0.4 is 21.4 Å². The Morgan fingerprint density at radius 2 is 1.69 bits per heavy atom. The maximum Gasteiger partial charge on any atom is 0.408 e. The molecule has 2 aromatic carbocycles. The van der Waals surface area contributed by atoms with Crippen LogP contribution >= 0.6 is 0 Å². The molecular weight excluding hydrogens is 578 g/mol. The van der Waals surface area contributed by atoms with Crippen LogP contribution in [0, 0.1) is 5.92 Å². The third kappa shape index (κ3) is 10.8. The number of nitrogens with two attached hydrogens (primary N) is 1. The van der Waals surface area contributed by atoms with Crippen molar-refractivity contribution in [1.82, 2.24) is 15.7 Å². The number of nitrogens with zero attached hydrogens (tertiary/aromatic N) is 2. The summed E-state index contributed by atoms with van der Waals surface area (Å²) in [5.41, 5.74) is 8.55. The van der Waals surface area contributed by atoms with E-state index in [1.165, 1.54) is 4.90 Å². The molecule has 0 aromatic heterocycles. The minimum atomic E-state index is -1.25. The summed E-state index contributed by atoms with van der Waals surface area (Å²) in [7, 11) is 0. The van der Waals surface area contributed by atoms with Crippen molar-refractivity contribution in [1.29, 1.82) is 0 Å². The standard InChI is InChI=1S/C33H47N5O7/c1-21(2)14-15-25(39)16-17-29(40)45-36-30(41)27(35-32(43)44-33(4,5)6)18-24-19-37(31(42)22(3)34)20-38(24)28-13-9-11-23-10-7-8-12-26(23)28/h7-13,19,21-22,25,27,39H,14-18,20,34H2,1-6H3,(H,35,43)(H,36,41)/t22-,25-,27+/m0/s1. The number of hydroxylamine groups is 1. The number of aliphatic hydroxyl groups excluding tert-OH is 1. The lowest BCUT2D eigenvalue weighted by atomic mass is 10.0. The number of carbonyl (C=O) groups excluding carboxylic acids is 4. The predicted molar refractivity (Wildman–Crippen MR) is 171 cm³/mol. The topological polar surface area (TPSA) is 164 Å². The molecular formula is C33H47N5O7. The summed E-state index contributed by atoms with van der Waals surface area (Å²) in [6.07, 6.45) is 1.50. The molecule has 3 amide bonds. The van der Waals surface area contributed by atoms with Crippen LogP contribution in [0.4, 0.5) is 10.5 Å². The number of carbonyl (C=O) groups is 4. The van der Waals surface area contributed by atoms with Gasteiger partial charge in [-0.3, -0.25) is 14.5 Å². The van der Waals surface area contributed by atoms with Crippen molar-refractivity contribution in [3.05, 3.63) is 54.4 Å². The highest BCUT2D eigenvalue weighted by Gasteiger charge is 2.33. The predicted octanol–water partition coefficient (Wildman–Crippen LogP) is 4.07. The highest BCUT2D eigenvalue weighted by atomic mass is 16.7. The molecule has 0 radical (unpaired) electrons. The average Bonchev–Trinajstić information content (AvgIpc) is 3.38. The van der Waals surface area contributed by atoms with Gasteiger partial charge in [-0.25, -0.2) is 9.59 Å². The molecule has 12 nitrogen and oxygen atoms in total. The van der Waals surface area contributed by atoms with Crippen molar-refractivity contribution in [3.63, 3.8) is 0 Å². The van der Waals surface area contributed by atoms with Gasteiger partial charge in [0.25, 0.3) is 5.91 Å². The number of benzene rings is 2. The molecule has 2 aromatic rings. The molecule has 0 unspecified atom stereocenters. The van der Waals surface area contributed by atoms with E-state index in [0.717, 1.165) is 22.9 Å². The number of aliphatic hydroxyl groups is 1. The van der Waals surface area contributed by atoms with Crippen molar-refractivity contribution >= 4 is 40.3 Å². The zero-order valence-electron chi connectivity index (χ0n) is 27.0. The lowest BCUT2D eigenvalue weighted by Crippen LogP contribution is -2.49. The first-order valence-electron chi connectivity index (χ1n) is 15.3. The second-order valence-electron chi connectivity index (χ2n) is 12.8. The highest BCUT2D eigenvalue weighted by molar-refractivity contribution is 5.96. The van der Waals surface area contributed by atoms with Crippen LogP contribution in [0.2, 0.25) is 0 Å². The van der Waals surface area contributed by atoms with Crippen LogP contribution in [0.5, 0.6) is 0 Å². The van der Waals surface area contributed by atoms with Crippen LogP contribution in [-0.2, 0) is 24.0 Å². The molecule has 1 aliphatic heterocycles. The van der Waals surface area contributed by atoms with Gasteiger partial charge >= 0.3 is 12.1 Å². The van der Waals surface area contributed by atoms with Crippen molar-refractivity contribution in [2.45, 2.75) is 97.4 Å². The van der Waals surface area contributed by atoms with Gasteiger partial charge in [-0.2, -0.15) is 5.48 Å². The van der Waals surface area contributed by atoms with Crippen LogP contribution in [-0.4, -0.2) is 64.3 Å². The summed E-state index contributed by atoms with van der Waals surface area (Å²) in [4.78, 5) is 59.8. The molecule has 0 saturated heterocycles. The normalized spacial score (nSPS) is 15.4. The average molecular weight is 626 g/mol. The van der Waals surface area contributed by atoms with Crippen LogP contribution in [0.3, 0.4) is 0 Å². The van der Waals surface area contributed by atoms with E-state index in [2.05, 4.69) is 24.6 Å². The fourth-order valence-electron chi connectivity index (χ4n) is 4.82. The molecule has 5 N–H and O–H groups in total. The SMILES string of the molecule is CC(C)CC[C@H](O)CCC(=O)ONC(=O)[C@@H](CC1=CN(C(=O)[C@H](C)N)CN1c1cccc2ccccc12)NC(=O)OC(C)(C)C. The maximum absolute atomic E-state index is 13.4. The number of ether oxygens (including phenoxy) is 1. The van der Waals surface area contributed by atoms with Gasteiger partial charge in [-0.05, 0) is 64.3 Å². The Labute approximate surface area is 264 Å². The molecule has 12 heteroatoms. The fourth-order valence-corrected chi connectivity index (χ4v) is 4.82. The van der Waals surface area contributed by atoms with Gasteiger partial charge in [-0.15, -0.1) is 0 Å². The third-order valence-electron chi connectivity index (χ3n) is 7.12. The first-order chi connectivity index (χ1) is 21.1. The number of amides is 3. The monoisotopic (exact) mass is 625 g/mol. The van der Waals surface area contributed by atoms with E-state index >= 15 is 0 Å². The molecule has 1 heterocycles. The highest BCUT2D eigenvalue weighted by Crippen LogP contribution is 2.34. The van der Waals surface area contributed by atoms with Gasteiger partial charge in [0.05, 0.1) is 24.3 Å². The van der Waals surface area contributed by atoms with Crippen molar-refractivity contribution in [2.24, 2.45) is 11.7 Å². The summed E-state index contributed by atoms with van der Waals surface area (Å²) < 4.78 is 5.39. The quantitative estimate of drug-likeness (QED) is 0.255. The summed E-state index contributed by atoms with van der Waals surface area (Å²) >= 11 is 0. The zero-order chi connectivity index (χ0) is 33.3. The van der Waals surface area contributed by atoms with Gasteiger partial charge in [0.2, 0.25) is 5.91 Å². The summed E-state index contributed by atoms with van der Waals surface area (Å²) in [5.74, 6) is -1.42. The molecule has 3 atom stereocenters. The van der Waals surface area contributed by atoms with E-state index in [1.54, 1.807) is 33.9 Å². The molecule has 1 aliphatic rings. The summed E-state index contributed by atoms with van der Waals surface area (Å²) in [6.45, 7) is 10.9. The molecule has 0 aliphatic carbocycles. The Balaban J connectivity index is 1.83. The second kappa shape index (κ2) is 15.7. The van der Waals surface area contributed by atoms with Crippen LogP contribution in [0.25, 0.3) is 10.8 Å². The minimum absolute atomic E-state index is 0.0809. The van der Waals surface area contributed by atoms with Gasteiger partial charge < -0.3 is 30.6 Å². The first-order valence-corrected chi connectivity index (χ1v) is 15.3. The number of nitrogens with one attached hydrogen (secondary N) is 2. The maximum atomic E-state index is 13.4. The molecule has 3 rings (SSSR count). The van der Waals surface area contributed by atoms with Crippen LogP contribution in [0.1, 0.15) is 73.6 Å². The van der Waals surface area contributed by atoms with E-state index in [0.29, 0.717) is 18.0 Å². The third-order valence-corrected chi connectivity index (χ3v) is 7.12. The van der Waals surface area contributed by atoms with E-state index in [-0.39, 0.29) is 31.8 Å². The number of fused-ring (bicyclic) bond motifs is 1. The Morgan fingerprint density at radius 3 is 2.36 bits per heavy atom.